The molecule has 0 aromatic heterocycles. The van der Waals surface area contributed by atoms with Gasteiger partial charge in [0.05, 0.1) is 17.4 Å². The highest BCUT2D eigenvalue weighted by atomic mass is 35.5. The van der Waals surface area contributed by atoms with Gasteiger partial charge >= 0.3 is 0 Å². The number of aliphatic hydroxyl groups is 1. The summed E-state index contributed by atoms with van der Waals surface area (Å²) in [4.78, 5) is 113. The molecule has 6 rings (SSSR count). The topological polar surface area (TPSA) is 386 Å². The summed E-state index contributed by atoms with van der Waals surface area (Å²) in [5, 5.41) is 49.6. The van der Waals surface area contributed by atoms with Gasteiger partial charge in [0, 0.05) is 36.6 Å². The molecule has 0 spiro atoms. The Bertz CT molecular complexity index is 2710. The molecule has 0 saturated carbocycles. The number of fused-ring (bicyclic) bond motifs is 2. The molecule has 18 N–H and O–H groups in total. The molecule has 2 fully saturated rings. The van der Waals surface area contributed by atoms with Crippen molar-refractivity contribution in [2.24, 2.45) is 22.9 Å². The van der Waals surface area contributed by atoms with Crippen LogP contribution in [-0.2, 0) is 70.6 Å². The van der Waals surface area contributed by atoms with E-state index in [1.807, 2.05) is 0 Å². The average Bonchev–Trinajstić information content (AvgIpc) is 3.41. The summed E-state index contributed by atoms with van der Waals surface area (Å²) >= 11 is 6.07. The van der Waals surface area contributed by atoms with Gasteiger partial charge in [-0.15, -0.1) is 0 Å². The second-order valence-corrected chi connectivity index (χ2v) is 21.7. The van der Waals surface area contributed by atoms with Crippen molar-refractivity contribution in [1.29, 1.82) is 0 Å². The Morgan fingerprint density at radius 2 is 1.16 bits per heavy atom. The highest BCUT2D eigenvalue weighted by Crippen LogP contribution is 2.35. The van der Waals surface area contributed by atoms with E-state index in [0.717, 1.165) is 27.2 Å². The number of aromatic hydroxyl groups is 2. The molecule has 2 heterocycles. The predicted molar refractivity (Wildman–Crippen MR) is 290 cm³/mol. The van der Waals surface area contributed by atoms with Gasteiger partial charge in [0.1, 0.15) is 53.8 Å². The molecule has 1 unspecified atom stereocenters. The lowest BCUT2D eigenvalue weighted by molar-refractivity contribution is -0.140. The van der Waals surface area contributed by atoms with E-state index in [0.29, 0.717) is 40.1 Å². The highest BCUT2D eigenvalue weighted by Gasteiger charge is 2.49. The number of benzene rings is 4. The number of aliphatic hydroxyl groups excluding tert-OH is 1. The summed E-state index contributed by atoms with van der Waals surface area (Å²) in [6, 6.07) is 13.5. The Morgan fingerprint density at radius 1 is 0.649 bits per heavy atom. The summed E-state index contributed by atoms with van der Waals surface area (Å²) in [6.07, 6.45) is -1.54. The van der Waals surface area contributed by atoms with Crippen LogP contribution in [0.1, 0.15) is 47.1 Å². The van der Waals surface area contributed by atoms with Crippen LogP contribution in [0.4, 0.5) is 0 Å². The molecule has 412 valence electrons. The molecule has 22 nitrogen and oxygen atoms in total. The SMILES string of the molecule is NCCCC[C@@H]1NC(=O)[C@@H](Cc2ccc(CN)cc2)NC(=O)[C@H](Cc2ccc(O)cc2)NC(=O)[C@H](NC(=O)[C@@H](N)Cc2ccc(Cl)cc2)CSSC2[C@@H](C(=O)N[C@H](Cc3ccc(O)cc3)C(N)=O)NC(=O)[C@@H](NC1=O)[C@@H]2O. The fourth-order valence-electron chi connectivity index (χ4n) is 8.48. The number of rotatable bonds is 18. The molecule has 10 atom stereocenters. The van der Waals surface area contributed by atoms with Crippen LogP contribution in [0, 0.1) is 0 Å². The maximum Gasteiger partial charge on any atom is 0.246 e. The molecule has 4 aromatic rings. The lowest BCUT2D eigenvalue weighted by atomic mass is 9.94. The Balaban J connectivity index is 1.39. The standard InChI is InChI=1S/C52H64ClN11O11S2/c53-32-14-8-27(9-15-32)21-35(56)46(69)62-40-26-76-77-44-42(52(75)59-37(45(57)68)22-29-10-16-33(65)17-11-29)64-51(74)41(43(44)67)63-47(70)36(3-1-2-20-54)58-48(71)38(23-28-4-6-31(25-55)7-5-28)60-49(72)39(61-50(40)73)24-30-12-18-34(66)19-13-30/h4-19,35-44,65-67H,1-3,20-26,54-56H2,(H2,57,68)(H,58,71)(H,59,75)(H,60,72)(H,61,73)(H,62,69)(H,63,70)(H,64,74)/t35-,36-,37+,38+,39-,40+,41-,42-,43-,44?/m0/s1. The summed E-state index contributed by atoms with van der Waals surface area (Å²) < 4.78 is 0. The van der Waals surface area contributed by atoms with E-state index >= 15 is 0 Å². The molecule has 0 aliphatic carbocycles. The first-order valence-electron chi connectivity index (χ1n) is 24.7. The van der Waals surface area contributed by atoms with Gasteiger partial charge in [-0.3, -0.25) is 38.4 Å². The molecule has 8 amide bonds. The fourth-order valence-corrected chi connectivity index (χ4v) is 11.6. The van der Waals surface area contributed by atoms with E-state index in [1.165, 1.54) is 48.5 Å². The van der Waals surface area contributed by atoms with Crippen LogP contribution in [0.25, 0.3) is 0 Å². The van der Waals surface area contributed by atoms with Crippen LogP contribution in [0.2, 0.25) is 5.02 Å². The van der Waals surface area contributed by atoms with Gasteiger partial charge in [-0.2, -0.15) is 0 Å². The third-order valence-electron chi connectivity index (χ3n) is 12.9. The van der Waals surface area contributed by atoms with Gasteiger partial charge in [-0.25, -0.2) is 0 Å². The predicted octanol–water partition coefficient (Wildman–Crippen LogP) is -1.05. The van der Waals surface area contributed by atoms with Crippen molar-refractivity contribution in [3.05, 3.63) is 130 Å². The molecule has 0 radical (unpaired) electrons. The number of primary amides is 1. The summed E-state index contributed by atoms with van der Waals surface area (Å²) in [6.45, 7) is 0.468. The van der Waals surface area contributed by atoms with Crippen molar-refractivity contribution in [3.8, 4) is 11.5 Å². The fraction of sp³-hybridized carbons (Fsp3) is 0.385. The maximum absolute atomic E-state index is 14.7. The van der Waals surface area contributed by atoms with E-state index in [1.54, 1.807) is 48.5 Å². The molecule has 2 bridgehead atoms. The van der Waals surface area contributed by atoms with Crippen molar-refractivity contribution < 1.29 is 53.7 Å². The third-order valence-corrected chi connectivity index (χ3v) is 16.0. The molecular formula is C52H64ClN11O11S2. The van der Waals surface area contributed by atoms with Crippen molar-refractivity contribution >= 4 is 80.4 Å². The number of nitrogens with one attached hydrogen (secondary N) is 7. The number of hydrogen-bond donors (Lipinski definition) is 14. The van der Waals surface area contributed by atoms with Crippen LogP contribution >= 0.6 is 33.2 Å². The number of carbonyl (C=O) groups is 8. The number of nitrogens with two attached hydrogens (primary N) is 4. The molecular weight excluding hydrogens is 1050 g/mol. The second kappa shape index (κ2) is 28.4. The lowest BCUT2D eigenvalue weighted by Gasteiger charge is -2.40. The smallest absolute Gasteiger partial charge is 0.246 e. The molecule has 4 aromatic carbocycles. The number of halogens is 1. The van der Waals surface area contributed by atoms with Crippen LogP contribution in [0.5, 0.6) is 11.5 Å². The number of amides is 8. The molecule has 2 aliphatic rings. The zero-order chi connectivity index (χ0) is 55.8. The number of carbonyl (C=O) groups excluding carboxylic acids is 8. The zero-order valence-electron chi connectivity index (χ0n) is 41.7. The van der Waals surface area contributed by atoms with Crippen molar-refractivity contribution in [1.82, 2.24) is 37.2 Å². The average molecular weight is 1120 g/mol. The number of unbranched alkanes of at least 4 members (excludes halogenated alkanes) is 1. The number of hydrogen-bond acceptors (Lipinski definition) is 16. The van der Waals surface area contributed by atoms with Crippen LogP contribution < -0.4 is 60.2 Å². The normalized spacial score (nSPS) is 23.3. The van der Waals surface area contributed by atoms with Gasteiger partial charge < -0.3 is 75.5 Å². The summed E-state index contributed by atoms with van der Waals surface area (Å²) in [5.74, 6) is -7.61. The summed E-state index contributed by atoms with van der Waals surface area (Å²) in [7, 11) is 1.69. The van der Waals surface area contributed by atoms with Gasteiger partial charge in [-0.1, -0.05) is 93.9 Å². The Labute approximate surface area is 457 Å². The van der Waals surface area contributed by atoms with E-state index in [-0.39, 0.29) is 62.4 Å². The maximum atomic E-state index is 14.7. The minimum atomic E-state index is -1.86. The first kappa shape index (κ1) is 59.3. The Morgan fingerprint density at radius 3 is 1.73 bits per heavy atom. The Kier molecular flexibility index (Phi) is 21.9. The van der Waals surface area contributed by atoms with Gasteiger partial charge in [0.25, 0.3) is 0 Å². The minimum Gasteiger partial charge on any atom is -0.508 e. The number of phenolic OH excluding ortho intramolecular Hbond substituents is 2. The number of piperidine rings is 1. The van der Waals surface area contributed by atoms with Crippen LogP contribution in [0.15, 0.2) is 97.1 Å². The second-order valence-electron chi connectivity index (χ2n) is 18.7. The largest absolute Gasteiger partial charge is 0.508 e. The first-order chi connectivity index (χ1) is 36.8. The Hall–Kier alpha value is -6.93. The quantitative estimate of drug-likeness (QED) is 0.0418. The number of phenols is 2. The molecule has 2 saturated heterocycles. The van der Waals surface area contributed by atoms with E-state index in [9.17, 15) is 53.7 Å². The molecule has 2 aliphatic heterocycles. The third kappa shape index (κ3) is 17.3. The van der Waals surface area contributed by atoms with Gasteiger partial charge in [0.15, 0.2) is 0 Å². The summed E-state index contributed by atoms with van der Waals surface area (Å²) in [5.41, 5.74) is 26.7. The zero-order valence-corrected chi connectivity index (χ0v) is 44.1. The van der Waals surface area contributed by atoms with Crippen molar-refractivity contribution in [2.75, 3.05) is 12.3 Å². The lowest BCUT2D eigenvalue weighted by Crippen LogP contribution is -2.71. The van der Waals surface area contributed by atoms with Crippen molar-refractivity contribution in [2.45, 2.75) is 111 Å². The van der Waals surface area contributed by atoms with Crippen LogP contribution in [0.3, 0.4) is 0 Å². The van der Waals surface area contributed by atoms with E-state index in [4.69, 9.17) is 34.5 Å². The highest BCUT2D eigenvalue weighted by molar-refractivity contribution is 8.77. The molecule has 77 heavy (non-hydrogen) atoms. The van der Waals surface area contributed by atoms with Crippen molar-refractivity contribution in [3.63, 3.8) is 0 Å². The van der Waals surface area contributed by atoms with Gasteiger partial charge in [-0.05, 0) is 96.4 Å². The van der Waals surface area contributed by atoms with Crippen LogP contribution in [-0.4, -0.2) is 135 Å². The van der Waals surface area contributed by atoms with E-state index < -0.39 is 107 Å². The first-order valence-corrected chi connectivity index (χ1v) is 27.5. The minimum absolute atomic E-state index is 0.00430. The van der Waals surface area contributed by atoms with E-state index in [2.05, 4.69) is 37.2 Å². The molecule has 25 heteroatoms. The van der Waals surface area contributed by atoms with Gasteiger partial charge in [0.2, 0.25) is 47.3 Å². The monoisotopic (exact) mass is 1120 g/mol.